The van der Waals surface area contributed by atoms with Crippen molar-refractivity contribution in [1.82, 2.24) is 34.3 Å². The Balaban J connectivity index is 1.33. The number of aromatic nitrogens is 7. The summed E-state index contributed by atoms with van der Waals surface area (Å²) >= 11 is 0. The van der Waals surface area contributed by atoms with Gasteiger partial charge in [0.1, 0.15) is 11.2 Å². The SMILES string of the molecule is CCn1ccc(-c2nc3c(N4CCC(n5c(=O)[nH]c6ccccc65)CC4)nccc3c(=O)[nH]2)n1. The molecule has 34 heavy (non-hydrogen) atoms. The summed E-state index contributed by atoms with van der Waals surface area (Å²) in [5, 5.41) is 4.97. The number of nitrogens with one attached hydrogen (secondary N) is 2. The molecule has 0 saturated carbocycles. The second-order valence-electron chi connectivity index (χ2n) is 8.54. The highest BCUT2D eigenvalue weighted by Crippen LogP contribution is 2.30. The summed E-state index contributed by atoms with van der Waals surface area (Å²) in [5.74, 6) is 1.11. The van der Waals surface area contributed by atoms with Gasteiger partial charge >= 0.3 is 5.69 Å². The van der Waals surface area contributed by atoms with Gasteiger partial charge in [0.05, 0.1) is 16.4 Å². The Hall–Kier alpha value is -4.21. The van der Waals surface area contributed by atoms with Gasteiger partial charge in [-0.3, -0.25) is 14.0 Å². The molecule has 6 rings (SSSR count). The monoisotopic (exact) mass is 456 g/mol. The van der Waals surface area contributed by atoms with E-state index in [2.05, 4.69) is 25.0 Å². The first kappa shape index (κ1) is 20.4. The summed E-state index contributed by atoms with van der Waals surface area (Å²) < 4.78 is 3.66. The Morgan fingerprint density at radius 2 is 1.88 bits per heavy atom. The van der Waals surface area contributed by atoms with Gasteiger partial charge in [-0.2, -0.15) is 5.10 Å². The van der Waals surface area contributed by atoms with Crippen molar-refractivity contribution in [3.8, 4) is 11.5 Å². The summed E-state index contributed by atoms with van der Waals surface area (Å²) in [5.41, 5.74) is 2.68. The molecule has 0 unspecified atom stereocenters. The highest BCUT2D eigenvalue weighted by atomic mass is 16.1. The minimum Gasteiger partial charge on any atom is -0.355 e. The van der Waals surface area contributed by atoms with Crippen LogP contribution in [0.2, 0.25) is 0 Å². The number of rotatable bonds is 4. The second-order valence-corrected chi connectivity index (χ2v) is 8.54. The highest BCUT2D eigenvalue weighted by Gasteiger charge is 2.26. The zero-order valence-electron chi connectivity index (χ0n) is 18.7. The van der Waals surface area contributed by atoms with Crippen molar-refractivity contribution < 1.29 is 0 Å². The van der Waals surface area contributed by atoms with Crippen LogP contribution in [0.5, 0.6) is 0 Å². The molecular formula is C24H24N8O2. The van der Waals surface area contributed by atoms with E-state index >= 15 is 0 Å². The minimum absolute atomic E-state index is 0.0766. The van der Waals surface area contributed by atoms with Crippen molar-refractivity contribution in [2.45, 2.75) is 32.4 Å². The number of aryl methyl sites for hydroxylation is 1. The lowest BCUT2D eigenvalue weighted by atomic mass is 10.0. The molecule has 0 aliphatic carbocycles. The summed E-state index contributed by atoms with van der Waals surface area (Å²) in [6.07, 6.45) is 5.09. The number of hydrogen-bond acceptors (Lipinski definition) is 6. The van der Waals surface area contributed by atoms with Crippen molar-refractivity contribution >= 4 is 27.8 Å². The number of aromatic amines is 2. The number of para-hydroxylation sites is 2. The van der Waals surface area contributed by atoms with E-state index in [0.29, 0.717) is 41.3 Å². The van der Waals surface area contributed by atoms with Gasteiger partial charge in [-0.15, -0.1) is 0 Å². The molecule has 1 fully saturated rings. The van der Waals surface area contributed by atoms with Crippen molar-refractivity contribution in [2.24, 2.45) is 0 Å². The lowest BCUT2D eigenvalue weighted by Gasteiger charge is -2.33. The Bertz CT molecular complexity index is 1620. The molecule has 10 heteroatoms. The van der Waals surface area contributed by atoms with Gasteiger partial charge in [-0.1, -0.05) is 12.1 Å². The van der Waals surface area contributed by atoms with E-state index in [1.54, 1.807) is 16.9 Å². The third-order valence-electron chi connectivity index (χ3n) is 6.57. The van der Waals surface area contributed by atoms with E-state index in [9.17, 15) is 9.59 Å². The molecule has 0 atom stereocenters. The molecule has 10 nitrogen and oxygen atoms in total. The van der Waals surface area contributed by atoms with Crippen molar-refractivity contribution in [3.63, 3.8) is 0 Å². The molecule has 0 amide bonds. The van der Waals surface area contributed by atoms with Crippen molar-refractivity contribution in [3.05, 3.63) is 69.6 Å². The normalized spacial score (nSPS) is 14.9. The molecule has 0 bridgehead atoms. The third-order valence-corrected chi connectivity index (χ3v) is 6.57. The maximum atomic E-state index is 12.8. The fourth-order valence-electron chi connectivity index (χ4n) is 4.84. The van der Waals surface area contributed by atoms with E-state index < -0.39 is 0 Å². The summed E-state index contributed by atoms with van der Waals surface area (Å²) in [6.45, 7) is 4.15. The molecule has 1 aliphatic heterocycles. The van der Waals surface area contributed by atoms with E-state index in [1.807, 2.05) is 48.0 Å². The van der Waals surface area contributed by atoms with Crippen LogP contribution in [0.15, 0.2) is 58.4 Å². The number of benzene rings is 1. The fraction of sp³-hybridized carbons (Fsp3) is 0.292. The van der Waals surface area contributed by atoms with Gasteiger partial charge in [-0.05, 0) is 44.0 Å². The molecule has 1 aliphatic rings. The molecule has 5 aromatic rings. The van der Waals surface area contributed by atoms with E-state index in [0.717, 1.165) is 30.4 Å². The zero-order chi connectivity index (χ0) is 23.2. The van der Waals surface area contributed by atoms with Gasteiger partial charge in [0, 0.05) is 38.1 Å². The number of hydrogen-bond donors (Lipinski definition) is 2. The molecular weight excluding hydrogens is 432 g/mol. The smallest absolute Gasteiger partial charge is 0.326 e. The van der Waals surface area contributed by atoms with Gasteiger partial charge < -0.3 is 14.9 Å². The molecule has 2 N–H and O–H groups in total. The third kappa shape index (κ3) is 3.30. The van der Waals surface area contributed by atoms with E-state index in [-0.39, 0.29) is 17.3 Å². The number of nitrogens with zero attached hydrogens (tertiary/aromatic N) is 6. The van der Waals surface area contributed by atoms with Crippen molar-refractivity contribution in [1.29, 1.82) is 0 Å². The standard InChI is InChI=1S/C24H24N8O2/c1-2-31-14-10-18(29-31)21-27-20-16(23(33)28-21)7-11-25-22(20)30-12-8-15(9-13-30)32-19-6-4-3-5-17(19)26-24(32)34/h3-7,10-11,14-15H,2,8-9,12-13H2,1H3,(H,26,34)(H,27,28,33). The molecule has 1 aromatic carbocycles. The maximum Gasteiger partial charge on any atom is 0.326 e. The summed E-state index contributed by atoms with van der Waals surface area (Å²) in [6, 6.07) is 11.4. The minimum atomic E-state index is -0.213. The van der Waals surface area contributed by atoms with Crippen LogP contribution in [0.4, 0.5) is 5.82 Å². The number of imidazole rings is 1. The average molecular weight is 457 g/mol. The van der Waals surface area contributed by atoms with Crippen molar-refractivity contribution in [2.75, 3.05) is 18.0 Å². The number of anilines is 1. The Morgan fingerprint density at radius 3 is 2.68 bits per heavy atom. The maximum absolute atomic E-state index is 12.8. The van der Waals surface area contributed by atoms with Crippen LogP contribution in [-0.4, -0.2) is 47.4 Å². The van der Waals surface area contributed by atoms with Crippen LogP contribution in [0.25, 0.3) is 33.5 Å². The average Bonchev–Trinajstić information content (AvgIpc) is 3.48. The van der Waals surface area contributed by atoms with Gasteiger partial charge in [0.25, 0.3) is 5.56 Å². The van der Waals surface area contributed by atoms with Crippen LogP contribution in [0.3, 0.4) is 0 Å². The fourth-order valence-corrected chi connectivity index (χ4v) is 4.84. The lowest BCUT2D eigenvalue weighted by Crippen LogP contribution is -2.37. The molecule has 172 valence electrons. The quantitative estimate of drug-likeness (QED) is 0.429. The van der Waals surface area contributed by atoms with Gasteiger partial charge in [0.2, 0.25) is 0 Å². The van der Waals surface area contributed by atoms with Crippen LogP contribution >= 0.6 is 0 Å². The Labute approximate surface area is 193 Å². The van der Waals surface area contributed by atoms with E-state index in [1.165, 1.54) is 0 Å². The van der Waals surface area contributed by atoms with Crippen LogP contribution < -0.4 is 16.1 Å². The predicted molar refractivity (Wildman–Crippen MR) is 130 cm³/mol. The topological polar surface area (TPSA) is 117 Å². The van der Waals surface area contributed by atoms with Crippen LogP contribution in [-0.2, 0) is 6.54 Å². The first-order valence-electron chi connectivity index (χ1n) is 11.5. The number of piperidine rings is 1. The molecule has 0 spiro atoms. The molecule has 4 aromatic heterocycles. The predicted octanol–water partition coefficient (Wildman–Crippen LogP) is 2.69. The Kier molecular flexibility index (Phi) is 4.79. The molecule has 1 saturated heterocycles. The number of H-pyrrole nitrogens is 2. The zero-order valence-corrected chi connectivity index (χ0v) is 18.7. The van der Waals surface area contributed by atoms with E-state index in [4.69, 9.17) is 4.98 Å². The number of fused-ring (bicyclic) bond motifs is 2. The van der Waals surface area contributed by atoms with Crippen LogP contribution in [0.1, 0.15) is 25.8 Å². The summed E-state index contributed by atoms with van der Waals surface area (Å²) in [4.78, 5) is 42.8. The van der Waals surface area contributed by atoms with Gasteiger partial charge in [0.15, 0.2) is 11.6 Å². The first-order chi connectivity index (χ1) is 16.6. The molecule has 0 radical (unpaired) electrons. The largest absolute Gasteiger partial charge is 0.355 e. The summed E-state index contributed by atoms with van der Waals surface area (Å²) in [7, 11) is 0. The van der Waals surface area contributed by atoms with Gasteiger partial charge in [-0.25, -0.2) is 14.8 Å². The lowest BCUT2D eigenvalue weighted by molar-refractivity contribution is 0.395. The molecule has 5 heterocycles. The first-order valence-corrected chi connectivity index (χ1v) is 11.5. The number of pyridine rings is 1. The van der Waals surface area contributed by atoms with Crippen LogP contribution in [0, 0.1) is 0 Å². The second kappa shape index (κ2) is 7.98. The Morgan fingerprint density at radius 1 is 1.06 bits per heavy atom. The highest BCUT2D eigenvalue weighted by molar-refractivity contribution is 5.89.